The van der Waals surface area contributed by atoms with Crippen LogP contribution in [-0.4, -0.2) is 3.21 Å². The van der Waals surface area contributed by atoms with Crippen LogP contribution in [0.15, 0.2) is 124 Å². The van der Waals surface area contributed by atoms with Gasteiger partial charge in [-0.15, -0.1) is 0 Å². The monoisotopic (exact) mass is 584 g/mol. The van der Waals surface area contributed by atoms with Crippen LogP contribution in [0.4, 0.5) is 0 Å². The molecular formula is C33H28Cl2Zr. The summed E-state index contributed by atoms with van der Waals surface area (Å²) in [7, 11) is 0. The summed E-state index contributed by atoms with van der Waals surface area (Å²) in [6.45, 7) is 4.65. The molecule has 0 nitrogen and oxygen atoms in total. The Hall–Kier alpha value is -2.31. The Balaban J connectivity index is 0.00000152. The van der Waals surface area contributed by atoms with E-state index in [2.05, 4.69) is 123 Å². The van der Waals surface area contributed by atoms with E-state index in [1.165, 1.54) is 39.0 Å². The van der Waals surface area contributed by atoms with E-state index in [0.717, 1.165) is 12.8 Å². The first-order chi connectivity index (χ1) is 16.7. The van der Waals surface area contributed by atoms with Crippen molar-refractivity contribution in [1.82, 2.24) is 0 Å². The zero-order valence-electron chi connectivity index (χ0n) is 20.6. The van der Waals surface area contributed by atoms with E-state index in [1.54, 1.807) is 15.3 Å². The third-order valence-electron chi connectivity index (χ3n) is 7.45. The molecule has 178 valence electrons. The SMILES string of the molecule is CC1=CC[C]([Zr+2](=[C](c2ccccc2)c2ccccc2)[c]2cccc3c2Cc2ccccc2-3)=C1C.[Cl-].[Cl-]. The molecule has 0 heterocycles. The van der Waals surface area contributed by atoms with Crippen LogP contribution in [-0.2, 0) is 27.7 Å². The summed E-state index contributed by atoms with van der Waals surface area (Å²) >= 11 is -2.55. The Bertz CT molecular complexity index is 1450. The van der Waals surface area contributed by atoms with E-state index < -0.39 is 21.3 Å². The molecule has 0 radical (unpaired) electrons. The molecule has 0 bridgehead atoms. The number of hydrogen-bond acceptors (Lipinski definition) is 0. The van der Waals surface area contributed by atoms with Gasteiger partial charge in [0.2, 0.25) is 0 Å². The zero-order chi connectivity index (χ0) is 23.1. The Kier molecular flexibility index (Phi) is 8.46. The Morgan fingerprint density at radius 3 is 1.83 bits per heavy atom. The average Bonchev–Trinajstić information content (AvgIpc) is 3.43. The number of halogens is 2. The molecule has 0 amide bonds. The topological polar surface area (TPSA) is 0 Å². The maximum Gasteiger partial charge on any atom is -1.00 e. The van der Waals surface area contributed by atoms with Gasteiger partial charge in [0.15, 0.2) is 0 Å². The zero-order valence-corrected chi connectivity index (χ0v) is 24.5. The normalized spacial score (nSPS) is 13.0. The van der Waals surface area contributed by atoms with Gasteiger partial charge in [0.05, 0.1) is 0 Å². The largest absolute Gasteiger partial charge is 1.00 e. The summed E-state index contributed by atoms with van der Waals surface area (Å²) in [5, 5.41) is 0. The van der Waals surface area contributed by atoms with Gasteiger partial charge < -0.3 is 24.8 Å². The van der Waals surface area contributed by atoms with Crippen LogP contribution in [0.5, 0.6) is 0 Å². The minimum atomic E-state index is -2.55. The minimum absolute atomic E-state index is 0. The molecule has 3 heteroatoms. The van der Waals surface area contributed by atoms with Gasteiger partial charge in [-0.25, -0.2) is 0 Å². The van der Waals surface area contributed by atoms with E-state index in [1.807, 2.05) is 0 Å². The van der Waals surface area contributed by atoms with E-state index in [0.29, 0.717) is 0 Å². The molecule has 0 saturated carbocycles. The molecule has 6 rings (SSSR count). The van der Waals surface area contributed by atoms with Crippen molar-refractivity contribution in [3.8, 4) is 11.1 Å². The number of hydrogen-bond donors (Lipinski definition) is 0. The van der Waals surface area contributed by atoms with Gasteiger partial charge in [0, 0.05) is 0 Å². The maximum atomic E-state index is 2.47. The second kappa shape index (κ2) is 11.4. The molecule has 0 unspecified atom stereocenters. The fourth-order valence-electron chi connectivity index (χ4n) is 5.59. The molecule has 36 heavy (non-hydrogen) atoms. The predicted molar refractivity (Wildman–Crippen MR) is 141 cm³/mol. The second-order valence-electron chi connectivity index (χ2n) is 9.34. The first-order valence-corrected chi connectivity index (χ1v) is 15.8. The second-order valence-corrected chi connectivity index (χ2v) is 15.2. The molecule has 2 aliphatic rings. The average molecular weight is 587 g/mol. The summed E-state index contributed by atoms with van der Waals surface area (Å²) < 4.78 is 4.98. The summed E-state index contributed by atoms with van der Waals surface area (Å²) in [6, 6.07) is 38.5. The van der Waals surface area contributed by atoms with Crippen molar-refractivity contribution in [2.75, 3.05) is 0 Å². The number of benzene rings is 4. The van der Waals surface area contributed by atoms with Crippen LogP contribution in [0, 0.1) is 0 Å². The summed E-state index contributed by atoms with van der Waals surface area (Å²) in [5.41, 5.74) is 11.7. The molecule has 0 atom stereocenters. The van der Waals surface area contributed by atoms with Crippen LogP contribution in [0.2, 0.25) is 0 Å². The predicted octanol–water partition coefficient (Wildman–Crippen LogP) is 1.40. The van der Waals surface area contributed by atoms with Crippen LogP contribution < -0.4 is 28.1 Å². The summed E-state index contributed by atoms with van der Waals surface area (Å²) in [4.78, 5) is 0. The smallest absolute Gasteiger partial charge is 1.00 e. The van der Waals surface area contributed by atoms with Crippen LogP contribution in [0.1, 0.15) is 42.5 Å². The van der Waals surface area contributed by atoms with Gasteiger partial charge in [-0.05, 0) is 0 Å². The summed E-state index contributed by atoms with van der Waals surface area (Å²) in [6.07, 6.45) is 4.62. The van der Waals surface area contributed by atoms with Gasteiger partial charge in [-0.2, -0.15) is 0 Å². The van der Waals surface area contributed by atoms with Crippen molar-refractivity contribution in [1.29, 1.82) is 0 Å². The van der Waals surface area contributed by atoms with Gasteiger partial charge in [0.1, 0.15) is 0 Å². The quantitative estimate of drug-likeness (QED) is 0.299. The van der Waals surface area contributed by atoms with Crippen LogP contribution in [0.25, 0.3) is 11.1 Å². The number of rotatable bonds is 4. The number of allylic oxidation sites excluding steroid dienone is 4. The third-order valence-corrected chi connectivity index (χ3v) is 15.5. The Labute approximate surface area is 234 Å². The molecule has 0 aliphatic heterocycles. The van der Waals surface area contributed by atoms with E-state index in [9.17, 15) is 0 Å². The van der Waals surface area contributed by atoms with E-state index >= 15 is 0 Å². The molecule has 2 aliphatic carbocycles. The Morgan fingerprint density at radius 1 is 0.639 bits per heavy atom. The van der Waals surface area contributed by atoms with E-state index in [4.69, 9.17) is 0 Å². The molecule has 0 spiro atoms. The van der Waals surface area contributed by atoms with Gasteiger partial charge in [-0.1, -0.05) is 0 Å². The van der Waals surface area contributed by atoms with Crippen LogP contribution >= 0.6 is 0 Å². The maximum absolute atomic E-state index is 2.55. The summed E-state index contributed by atoms with van der Waals surface area (Å²) in [5.74, 6) is 0. The number of fused-ring (bicyclic) bond motifs is 3. The Morgan fingerprint density at radius 2 is 1.22 bits per heavy atom. The fourth-order valence-corrected chi connectivity index (χ4v) is 14.1. The molecule has 0 N–H and O–H groups in total. The van der Waals surface area contributed by atoms with Gasteiger partial charge >= 0.3 is 211 Å². The standard InChI is InChI=1S/C13H9.C13H10.C7H9.2ClH.Zr/c1-3-7-12-10(5-1)9-11-6-2-4-8-13(11)12;1-3-7-12(8-4-1)11-13-9-5-2-6-10-13;1-6-4-3-5-7(6)2;;;/h1-5,7-8H,9H2;1-10H;4H,3H2,1-2H3;2*1H;/q;;;;;+2/p-2. The fraction of sp³-hybridized carbons (Fsp3) is 0.121. The molecule has 0 fully saturated rings. The van der Waals surface area contributed by atoms with Crippen molar-refractivity contribution in [2.45, 2.75) is 26.7 Å². The van der Waals surface area contributed by atoms with Gasteiger partial charge in [0.25, 0.3) is 0 Å². The molecular weight excluding hydrogens is 558 g/mol. The molecule has 4 aromatic carbocycles. The van der Waals surface area contributed by atoms with Crippen molar-refractivity contribution in [3.05, 3.63) is 146 Å². The van der Waals surface area contributed by atoms with E-state index in [-0.39, 0.29) is 24.8 Å². The minimum Gasteiger partial charge on any atom is -1.00 e. The van der Waals surface area contributed by atoms with Crippen molar-refractivity contribution in [2.24, 2.45) is 0 Å². The van der Waals surface area contributed by atoms with Crippen molar-refractivity contribution < 1.29 is 46.1 Å². The van der Waals surface area contributed by atoms with Crippen molar-refractivity contribution in [3.63, 3.8) is 0 Å². The van der Waals surface area contributed by atoms with Gasteiger partial charge in [-0.3, -0.25) is 0 Å². The molecule has 4 aromatic rings. The first-order valence-electron chi connectivity index (χ1n) is 12.2. The van der Waals surface area contributed by atoms with Crippen molar-refractivity contribution >= 4 is 6.48 Å². The van der Waals surface area contributed by atoms with Crippen LogP contribution in [0.3, 0.4) is 0 Å². The third kappa shape index (κ3) is 4.70. The first kappa shape index (κ1) is 26.7. The molecule has 0 saturated heterocycles. The molecule has 0 aromatic heterocycles.